The number of aromatic nitrogens is 2. The fourth-order valence-corrected chi connectivity index (χ4v) is 1.24. The number of carboxylic acid groups (broad SMARTS) is 1. The molecule has 0 saturated heterocycles. The Labute approximate surface area is 111 Å². The van der Waals surface area contributed by atoms with Gasteiger partial charge in [0.15, 0.2) is 5.82 Å². The van der Waals surface area contributed by atoms with Crippen LogP contribution in [0.4, 0.5) is 4.79 Å². The van der Waals surface area contributed by atoms with Gasteiger partial charge in [-0.05, 0) is 26.8 Å². The van der Waals surface area contributed by atoms with Gasteiger partial charge in [-0.2, -0.15) is 0 Å². The SMILES string of the molecule is CC(C)(C)OC(=O)NCCc1ccnc(C(=O)[O-])n1. The molecule has 1 amide bonds. The molecule has 19 heavy (non-hydrogen) atoms. The molecule has 1 aromatic heterocycles. The molecule has 0 unspecified atom stereocenters. The molecule has 104 valence electrons. The third-order valence-corrected chi connectivity index (χ3v) is 1.95. The average Bonchev–Trinajstić information content (AvgIpc) is 2.27. The summed E-state index contributed by atoms with van der Waals surface area (Å²) in [7, 11) is 0. The van der Waals surface area contributed by atoms with Crippen LogP contribution in [-0.4, -0.2) is 34.2 Å². The first-order chi connectivity index (χ1) is 8.78. The van der Waals surface area contributed by atoms with Crippen molar-refractivity contribution in [1.82, 2.24) is 15.3 Å². The van der Waals surface area contributed by atoms with Crippen LogP contribution in [0.2, 0.25) is 0 Å². The van der Waals surface area contributed by atoms with Crippen molar-refractivity contribution < 1.29 is 19.4 Å². The van der Waals surface area contributed by atoms with Crippen molar-refractivity contribution in [2.45, 2.75) is 32.8 Å². The van der Waals surface area contributed by atoms with Crippen LogP contribution in [0.1, 0.15) is 37.1 Å². The van der Waals surface area contributed by atoms with E-state index in [1.54, 1.807) is 26.8 Å². The van der Waals surface area contributed by atoms with E-state index in [1.807, 2.05) is 0 Å². The number of hydrogen-bond acceptors (Lipinski definition) is 6. The van der Waals surface area contributed by atoms with E-state index in [-0.39, 0.29) is 5.82 Å². The summed E-state index contributed by atoms with van der Waals surface area (Å²) in [4.78, 5) is 29.2. The van der Waals surface area contributed by atoms with Gasteiger partial charge in [0.1, 0.15) is 11.6 Å². The molecule has 0 aliphatic heterocycles. The van der Waals surface area contributed by atoms with Crippen LogP contribution < -0.4 is 10.4 Å². The van der Waals surface area contributed by atoms with Gasteiger partial charge in [0.05, 0.1) is 0 Å². The molecule has 7 nitrogen and oxygen atoms in total. The molecular formula is C12H16N3O4-. The molecule has 0 fully saturated rings. The topological polar surface area (TPSA) is 104 Å². The lowest BCUT2D eigenvalue weighted by molar-refractivity contribution is -0.256. The monoisotopic (exact) mass is 266 g/mol. The molecule has 0 aromatic carbocycles. The van der Waals surface area contributed by atoms with E-state index in [9.17, 15) is 14.7 Å². The van der Waals surface area contributed by atoms with E-state index in [0.717, 1.165) is 0 Å². The molecule has 0 bridgehead atoms. The highest BCUT2D eigenvalue weighted by Crippen LogP contribution is 2.06. The highest BCUT2D eigenvalue weighted by Gasteiger charge is 2.15. The van der Waals surface area contributed by atoms with Crippen molar-refractivity contribution in [2.24, 2.45) is 0 Å². The van der Waals surface area contributed by atoms with Crippen LogP contribution in [0.15, 0.2) is 12.3 Å². The van der Waals surface area contributed by atoms with Gasteiger partial charge < -0.3 is 20.0 Å². The molecule has 0 spiro atoms. The second-order valence-electron chi connectivity index (χ2n) is 4.84. The summed E-state index contributed by atoms with van der Waals surface area (Å²) >= 11 is 0. The van der Waals surface area contributed by atoms with Crippen LogP contribution in [0.25, 0.3) is 0 Å². The quantitative estimate of drug-likeness (QED) is 0.816. The van der Waals surface area contributed by atoms with Crippen molar-refractivity contribution in [3.8, 4) is 0 Å². The van der Waals surface area contributed by atoms with Gasteiger partial charge in [-0.1, -0.05) is 0 Å². The van der Waals surface area contributed by atoms with E-state index in [2.05, 4.69) is 15.3 Å². The fraction of sp³-hybridized carbons (Fsp3) is 0.500. The maximum atomic E-state index is 11.4. The minimum absolute atomic E-state index is 0.290. The Morgan fingerprint density at radius 1 is 1.42 bits per heavy atom. The zero-order chi connectivity index (χ0) is 14.5. The standard InChI is InChI=1S/C12H17N3O4/c1-12(2,3)19-11(18)14-7-5-8-4-6-13-9(15-8)10(16)17/h4,6H,5,7H2,1-3H3,(H,14,18)(H,16,17)/p-1. The number of carboxylic acids is 1. The Hall–Kier alpha value is -2.18. The molecule has 1 heterocycles. The first kappa shape index (κ1) is 14.9. The summed E-state index contributed by atoms with van der Waals surface area (Å²) in [5.41, 5.74) is -0.0495. The summed E-state index contributed by atoms with van der Waals surface area (Å²) in [5.74, 6) is -1.79. The number of aromatic carboxylic acids is 1. The number of alkyl carbamates (subject to hydrolysis) is 1. The zero-order valence-corrected chi connectivity index (χ0v) is 11.1. The summed E-state index contributed by atoms with van der Waals surface area (Å²) < 4.78 is 5.05. The van der Waals surface area contributed by atoms with Gasteiger partial charge in [0.2, 0.25) is 0 Å². The van der Waals surface area contributed by atoms with Crippen molar-refractivity contribution in [2.75, 3.05) is 6.54 Å². The highest BCUT2D eigenvalue weighted by molar-refractivity contribution is 5.80. The molecular weight excluding hydrogens is 250 g/mol. The van der Waals surface area contributed by atoms with Crippen molar-refractivity contribution in [3.05, 3.63) is 23.8 Å². The Kier molecular flexibility index (Phi) is 4.80. The first-order valence-corrected chi connectivity index (χ1v) is 5.78. The van der Waals surface area contributed by atoms with Crippen LogP contribution >= 0.6 is 0 Å². The predicted octanol–water partition coefficient (Wildman–Crippen LogP) is -0.0927. The Bertz CT molecular complexity index is 468. The number of nitrogens with one attached hydrogen (secondary N) is 1. The van der Waals surface area contributed by atoms with Crippen LogP contribution in [-0.2, 0) is 11.2 Å². The number of hydrogen-bond donors (Lipinski definition) is 1. The second kappa shape index (κ2) is 6.12. The number of ether oxygens (including phenoxy) is 1. The third-order valence-electron chi connectivity index (χ3n) is 1.95. The largest absolute Gasteiger partial charge is 0.542 e. The lowest BCUT2D eigenvalue weighted by atomic mass is 10.2. The average molecular weight is 266 g/mol. The van der Waals surface area contributed by atoms with E-state index in [0.29, 0.717) is 18.7 Å². The van der Waals surface area contributed by atoms with Gasteiger partial charge in [-0.3, -0.25) is 0 Å². The van der Waals surface area contributed by atoms with E-state index >= 15 is 0 Å². The number of amides is 1. The molecule has 1 rings (SSSR count). The number of carbonyl (C=O) groups is 2. The molecule has 0 aliphatic carbocycles. The van der Waals surface area contributed by atoms with Crippen molar-refractivity contribution >= 4 is 12.1 Å². The first-order valence-electron chi connectivity index (χ1n) is 5.78. The number of rotatable bonds is 4. The van der Waals surface area contributed by atoms with Crippen molar-refractivity contribution in [1.29, 1.82) is 0 Å². The number of carbonyl (C=O) groups excluding carboxylic acids is 2. The fourth-order valence-electron chi connectivity index (χ4n) is 1.24. The third kappa shape index (κ3) is 5.80. The molecule has 1 aromatic rings. The molecule has 0 radical (unpaired) electrons. The predicted molar refractivity (Wildman–Crippen MR) is 64.3 cm³/mol. The van der Waals surface area contributed by atoms with Gasteiger partial charge in [0, 0.05) is 24.9 Å². The highest BCUT2D eigenvalue weighted by atomic mass is 16.6. The Morgan fingerprint density at radius 3 is 2.68 bits per heavy atom. The van der Waals surface area contributed by atoms with Crippen LogP contribution in [0.3, 0.4) is 0 Å². The molecule has 7 heteroatoms. The Balaban J connectivity index is 2.43. The van der Waals surface area contributed by atoms with Crippen LogP contribution in [0.5, 0.6) is 0 Å². The molecule has 0 atom stereocenters. The van der Waals surface area contributed by atoms with Gasteiger partial charge in [-0.15, -0.1) is 0 Å². The summed E-state index contributed by atoms with van der Waals surface area (Å²) in [6.45, 7) is 5.59. The summed E-state index contributed by atoms with van der Waals surface area (Å²) in [5, 5.41) is 13.1. The Morgan fingerprint density at radius 2 is 2.11 bits per heavy atom. The number of nitrogens with zero attached hydrogens (tertiary/aromatic N) is 2. The molecule has 0 aliphatic rings. The second-order valence-corrected chi connectivity index (χ2v) is 4.84. The van der Waals surface area contributed by atoms with Gasteiger partial charge in [-0.25, -0.2) is 14.8 Å². The normalized spacial score (nSPS) is 10.9. The van der Waals surface area contributed by atoms with E-state index < -0.39 is 17.7 Å². The maximum Gasteiger partial charge on any atom is 0.407 e. The van der Waals surface area contributed by atoms with Crippen molar-refractivity contribution in [3.63, 3.8) is 0 Å². The van der Waals surface area contributed by atoms with Gasteiger partial charge in [0.25, 0.3) is 0 Å². The van der Waals surface area contributed by atoms with Gasteiger partial charge >= 0.3 is 6.09 Å². The van der Waals surface area contributed by atoms with E-state index in [4.69, 9.17) is 4.74 Å². The lowest BCUT2D eigenvalue weighted by Crippen LogP contribution is -2.33. The molecule has 1 N–H and O–H groups in total. The van der Waals surface area contributed by atoms with E-state index in [1.165, 1.54) is 6.20 Å². The zero-order valence-electron chi connectivity index (χ0n) is 11.1. The maximum absolute atomic E-state index is 11.4. The smallest absolute Gasteiger partial charge is 0.407 e. The summed E-state index contributed by atoms with van der Waals surface area (Å²) in [6, 6.07) is 1.57. The molecule has 0 saturated carbocycles. The minimum Gasteiger partial charge on any atom is -0.542 e. The minimum atomic E-state index is -1.43. The lowest BCUT2D eigenvalue weighted by Gasteiger charge is -2.19. The summed E-state index contributed by atoms with van der Waals surface area (Å²) in [6.07, 6.45) is 1.19. The van der Waals surface area contributed by atoms with Crippen LogP contribution in [0, 0.1) is 0 Å².